The SMILES string of the molecule is NC(CC1CCOCC1)c1cc2c(s1)CCC2. The second kappa shape index (κ2) is 5.09. The Morgan fingerprint density at radius 2 is 2.18 bits per heavy atom. The molecule has 0 bridgehead atoms. The molecule has 17 heavy (non-hydrogen) atoms. The van der Waals surface area contributed by atoms with E-state index in [0.29, 0.717) is 0 Å². The Bertz CT molecular complexity index is 360. The van der Waals surface area contributed by atoms with Gasteiger partial charge in [0.05, 0.1) is 0 Å². The maximum Gasteiger partial charge on any atom is 0.0468 e. The molecule has 2 heterocycles. The third kappa shape index (κ3) is 2.56. The van der Waals surface area contributed by atoms with Crippen LogP contribution < -0.4 is 5.73 Å². The molecule has 1 saturated heterocycles. The molecule has 1 aliphatic carbocycles. The number of thiophene rings is 1. The van der Waals surface area contributed by atoms with Crippen molar-refractivity contribution in [3.8, 4) is 0 Å². The highest BCUT2D eigenvalue weighted by Gasteiger charge is 2.21. The molecule has 1 atom stereocenters. The number of hydrogen-bond donors (Lipinski definition) is 1. The van der Waals surface area contributed by atoms with Crippen LogP contribution in [0, 0.1) is 5.92 Å². The van der Waals surface area contributed by atoms with Gasteiger partial charge in [0.2, 0.25) is 0 Å². The van der Waals surface area contributed by atoms with Crippen LogP contribution in [-0.2, 0) is 17.6 Å². The Balaban J connectivity index is 1.62. The Morgan fingerprint density at radius 1 is 1.35 bits per heavy atom. The molecule has 1 aromatic rings. The summed E-state index contributed by atoms with van der Waals surface area (Å²) >= 11 is 1.96. The van der Waals surface area contributed by atoms with Crippen LogP contribution in [0.2, 0.25) is 0 Å². The van der Waals surface area contributed by atoms with Crippen LogP contribution in [0.25, 0.3) is 0 Å². The van der Waals surface area contributed by atoms with Gasteiger partial charge in [-0.1, -0.05) is 0 Å². The minimum Gasteiger partial charge on any atom is -0.381 e. The minimum absolute atomic E-state index is 0.258. The molecular formula is C14H21NOS. The van der Waals surface area contributed by atoms with Gasteiger partial charge >= 0.3 is 0 Å². The molecule has 2 N–H and O–H groups in total. The molecule has 0 amide bonds. The molecule has 0 spiro atoms. The molecule has 94 valence electrons. The molecule has 0 radical (unpaired) electrons. The van der Waals surface area contributed by atoms with E-state index < -0.39 is 0 Å². The third-order valence-corrected chi connectivity index (χ3v) is 5.43. The van der Waals surface area contributed by atoms with Crippen LogP contribution in [0.15, 0.2) is 6.07 Å². The Labute approximate surface area is 107 Å². The zero-order valence-corrected chi connectivity index (χ0v) is 11.1. The van der Waals surface area contributed by atoms with Crippen molar-refractivity contribution in [1.82, 2.24) is 0 Å². The molecule has 3 heteroatoms. The second-order valence-corrected chi connectivity index (χ2v) is 6.52. The summed E-state index contributed by atoms with van der Waals surface area (Å²) in [4.78, 5) is 3.02. The van der Waals surface area contributed by atoms with E-state index in [9.17, 15) is 0 Å². The van der Waals surface area contributed by atoms with Gasteiger partial charge in [0.1, 0.15) is 0 Å². The highest BCUT2D eigenvalue weighted by molar-refractivity contribution is 7.12. The van der Waals surface area contributed by atoms with Crippen molar-refractivity contribution in [1.29, 1.82) is 0 Å². The molecule has 0 aromatic carbocycles. The fourth-order valence-electron chi connectivity index (χ4n) is 2.99. The number of nitrogens with two attached hydrogens (primary N) is 1. The maximum absolute atomic E-state index is 6.36. The lowest BCUT2D eigenvalue weighted by atomic mass is 9.92. The lowest BCUT2D eigenvalue weighted by Crippen LogP contribution is -2.21. The van der Waals surface area contributed by atoms with Gasteiger partial charge in [0.25, 0.3) is 0 Å². The van der Waals surface area contributed by atoms with Crippen molar-refractivity contribution >= 4 is 11.3 Å². The van der Waals surface area contributed by atoms with Gasteiger partial charge in [0.15, 0.2) is 0 Å². The fourth-order valence-corrected chi connectivity index (χ4v) is 4.26. The summed E-state index contributed by atoms with van der Waals surface area (Å²) < 4.78 is 5.40. The summed E-state index contributed by atoms with van der Waals surface area (Å²) in [5.41, 5.74) is 7.93. The molecule has 0 saturated carbocycles. The lowest BCUT2D eigenvalue weighted by Gasteiger charge is -2.24. The maximum atomic E-state index is 6.36. The first kappa shape index (κ1) is 11.7. The minimum atomic E-state index is 0.258. The summed E-state index contributed by atoms with van der Waals surface area (Å²) in [5, 5.41) is 0. The molecule has 3 rings (SSSR count). The smallest absolute Gasteiger partial charge is 0.0468 e. The summed E-state index contributed by atoms with van der Waals surface area (Å²) in [7, 11) is 0. The van der Waals surface area contributed by atoms with Gasteiger partial charge in [-0.05, 0) is 56.1 Å². The summed E-state index contributed by atoms with van der Waals surface area (Å²) in [6.45, 7) is 1.86. The Kier molecular flexibility index (Phi) is 3.50. The van der Waals surface area contributed by atoms with Crippen molar-refractivity contribution in [3.63, 3.8) is 0 Å². The predicted molar refractivity (Wildman–Crippen MR) is 71.4 cm³/mol. The first-order chi connectivity index (χ1) is 8.33. The van der Waals surface area contributed by atoms with E-state index in [1.807, 2.05) is 11.3 Å². The zero-order valence-electron chi connectivity index (χ0n) is 10.3. The Morgan fingerprint density at radius 3 is 2.94 bits per heavy atom. The van der Waals surface area contributed by atoms with Crippen LogP contribution in [0.5, 0.6) is 0 Å². The highest BCUT2D eigenvalue weighted by atomic mass is 32.1. The summed E-state index contributed by atoms with van der Waals surface area (Å²) in [5.74, 6) is 0.774. The highest BCUT2D eigenvalue weighted by Crippen LogP contribution is 2.35. The van der Waals surface area contributed by atoms with Crippen LogP contribution in [-0.4, -0.2) is 13.2 Å². The van der Waals surface area contributed by atoms with E-state index in [1.54, 1.807) is 10.4 Å². The zero-order chi connectivity index (χ0) is 11.7. The van der Waals surface area contributed by atoms with Gasteiger partial charge in [-0.3, -0.25) is 0 Å². The van der Waals surface area contributed by atoms with Crippen LogP contribution in [0.3, 0.4) is 0 Å². The van der Waals surface area contributed by atoms with E-state index in [2.05, 4.69) is 6.07 Å². The van der Waals surface area contributed by atoms with E-state index in [-0.39, 0.29) is 6.04 Å². The van der Waals surface area contributed by atoms with Gasteiger partial charge < -0.3 is 10.5 Å². The molecule has 2 aliphatic rings. The largest absolute Gasteiger partial charge is 0.381 e. The normalized spacial score (nSPS) is 22.6. The molecular weight excluding hydrogens is 230 g/mol. The van der Waals surface area contributed by atoms with Crippen molar-refractivity contribution in [3.05, 3.63) is 21.4 Å². The molecule has 1 unspecified atom stereocenters. The summed E-state index contributed by atoms with van der Waals surface area (Å²) in [6, 6.07) is 2.63. The number of hydrogen-bond acceptors (Lipinski definition) is 3. The van der Waals surface area contributed by atoms with E-state index in [0.717, 1.165) is 25.6 Å². The van der Waals surface area contributed by atoms with E-state index in [4.69, 9.17) is 10.5 Å². The number of aryl methyl sites for hydroxylation is 2. The Hall–Kier alpha value is -0.380. The van der Waals surface area contributed by atoms with Crippen molar-refractivity contribution in [2.75, 3.05) is 13.2 Å². The first-order valence-electron chi connectivity index (χ1n) is 6.78. The first-order valence-corrected chi connectivity index (χ1v) is 7.59. The number of ether oxygens (including phenoxy) is 1. The molecule has 1 fully saturated rings. The fraction of sp³-hybridized carbons (Fsp3) is 0.714. The monoisotopic (exact) mass is 251 g/mol. The van der Waals surface area contributed by atoms with Gasteiger partial charge in [-0.25, -0.2) is 0 Å². The van der Waals surface area contributed by atoms with Crippen LogP contribution >= 0.6 is 11.3 Å². The average molecular weight is 251 g/mol. The summed E-state index contributed by atoms with van der Waals surface area (Å²) in [6.07, 6.45) is 7.43. The molecule has 2 nitrogen and oxygen atoms in total. The van der Waals surface area contributed by atoms with Crippen LogP contribution in [0.1, 0.15) is 47.0 Å². The van der Waals surface area contributed by atoms with E-state index in [1.165, 1.54) is 37.0 Å². The quantitative estimate of drug-likeness (QED) is 0.896. The van der Waals surface area contributed by atoms with Gasteiger partial charge in [-0.15, -0.1) is 11.3 Å². The third-order valence-electron chi connectivity index (χ3n) is 4.06. The predicted octanol–water partition coefficient (Wildman–Crippen LogP) is 3.05. The van der Waals surface area contributed by atoms with Crippen molar-refractivity contribution < 1.29 is 4.74 Å². The van der Waals surface area contributed by atoms with Gasteiger partial charge in [0, 0.05) is 29.0 Å². The lowest BCUT2D eigenvalue weighted by molar-refractivity contribution is 0.0619. The van der Waals surface area contributed by atoms with E-state index >= 15 is 0 Å². The molecule has 1 aromatic heterocycles. The topological polar surface area (TPSA) is 35.2 Å². The van der Waals surface area contributed by atoms with Crippen molar-refractivity contribution in [2.24, 2.45) is 11.7 Å². The number of rotatable bonds is 3. The average Bonchev–Trinajstić information content (AvgIpc) is 2.90. The van der Waals surface area contributed by atoms with Crippen LogP contribution in [0.4, 0.5) is 0 Å². The standard InChI is InChI=1S/C14H21NOS/c15-12(8-10-4-6-16-7-5-10)14-9-11-2-1-3-13(11)17-14/h9-10,12H,1-8,15H2. The van der Waals surface area contributed by atoms with Gasteiger partial charge in [-0.2, -0.15) is 0 Å². The van der Waals surface area contributed by atoms with Crippen molar-refractivity contribution in [2.45, 2.75) is 44.6 Å². The molecule has 1 aliphatic heterocycles. The second-order valence-electron chi connectivity index (χ2n) is 5.35. The number of fused-ring (bicyclic) bond motifs is 1.